The molecule has 0 radical (unpaired) electrons. The summed E-state index contributed by atoms with van der Waals surface area (Å²) >= 11 is 0. The number of amides is 2. The van der Waals surface area contributed by atoms with Crippen LogP contribution in [-0.4, -0.2) is 101 Å². The molecule has 0 heterocycles. The zero-order valence-corrected chi connectivity index (χ0v) is 32.8. The van der Waals surface area contributed by atoms with Gasteiger partial charge in [-0.1, -0.05) is 58.0 Å². The van der Waals surface area contributed by atoms with Crippen molar-refractivity contribution in [3.8, 4) is 0 Å². The number of hydrogen-bond donors (Lipinski definition) is 1. The van der Waals surface area contributed by atoms with Crippen LogP contribution in [0, 0.1) is 11.8 Å². The molecule has 0 spiro atoms. The first-order chi connectivity index (χ1) is 23.2. The van der Waals surface area contributed by atoms with E-state index >= 15 is 0 Å². The molecule has 290 valence electrons. The Kier molecular flexibility index (Phi) is 19.3. The van der Waals surface area contributed by atoms with Crippen LogP contribution >= 0.6 is 0 Å². The number of esters is 3. The lowest BCUT2D eigenvalue weighted by atomic mass is 10.0. The molecule has 0 aliphatic heterocycles. The van der Waals surface area contributed by atoms with Crippen molar-refractivity contribution in [1.29, 1.82) is 0 Å². The average Bonchev–Trinajstić information content (AvgIpc) is 2.99. The summed E-state index contributed by atoms with van der Waals surface area (Å²) in [5.74, 6) is -3.07. The quantitative estimate of drug-likeness (QED) is 0.169. The van der Waals surface area contributed by atoms with E-state index < -0.39 is 71.6 Å². The SMILES string of the molecule is CC(C)C[C@@H](C(=O)O[C@H](C)C(=O)O)N(C)C(=O)OC(C)(C)C.CC(C)C[C@@H](C(=O)O[C@H](C)C(=O)OCc1ccccc1)N(C)C(=O)OC(C)(C)C. The maximum atomic E-state index is 12.7. The zero-order valence-electron chi connectivity index (χ0n) is 32.8. The molecular weight excluding hydrogens is 664 g/mol. The standard InChI is InChI=1S/C22H33NO6.C15H27NO6/c1-15(2)13-18(23(7)21(26)29-22(4,5)6)20(25)28-16(3)19(24)27-14-17-11-9-8-10-12-17;1-9(2)8-11(13(19)21-10(3)12(17)18)16(7)14(20)22-15(4,5)6/h8-12,15-16,18H,13-14H2,1-7H3;9-11H,8H2,1-7H3,(H,17,18)/t16-,18+;10-,11+/m11/s1. The van der Waals surface area contributed by atoms with Gasteiger partial charge in [0.05, 0.1) is 0 Å². The molecule has 0 aliphatic rings. The average molecular weight is 725 g/mol. The van der Waals surface area contributed by atoms with Gasteiger partial charge < -0.3 is 28.8 Å². The molecule has 0 unspecified atom stereocenters. The topological polar surface area (TPSA) is 175 Å². The van der Waals surface area contributed by atoms with Crippen molar-refractivity contribution in [3.63, 3.8) is 0 Å². The molecule has 0 bridgehead atoms. The highest BCUT2D eigenvalue weighted by Gasteiger charge is 2.35. The van der Waals surface area contributed by atoms with Crippen molar-refractivity contribution >= 4 is 36.1 Å². The Balaban J connectivity index is 0.00000102. The van der Waals surface area contributed by atoms with Crippen LogP contribution in [-0.2, 0) is 49.5 Å². The summed E-state index contributed by atoms with van der Waals surface area (Å²) < 4.78 is 26.0. The van der Waals surface area contributed by atoms with Crippen molar-refractivity contribution in [2.24, 2.45) is 11.8 Å². The Labute approximate surface area is 303 Å². The number of rotatable bonds is 14. The number of hydrogen-bond acceptors (Lipinski definition) is 11. The number of carboxylic acid groups (broad SMARTS) is 1. The van der Waals surface area contributed by atoms with Crippen LogP contribution in [0.15, 0.2) is 30.3 Å². The highest BCUT2D eigenvalue weighted by molar-refractivity contribution is 5.85. The van der Waals surface area contributed by atoms with E-state index in [2.05, 4.69) is 0 Å². The van der Waals surface area contributed by atoms with Gasteiger partial charge in [0.2, 0.25) is 0 Å². The van der Waals surface area contributed by atoms with Gasteiger partial charge >= 0.3 is 36.1 Å². The number of aliphatic carboxylic acids is 1. The van der Waals surface area contributed by atoms with Gasteiger partial charge in [0.1, 0.15) is 29.9 Å². The minimum Gasteiger partial charge on any atom is -0.479 e. The molecule has 1 aromatic carbocycles. The van der Waals surface area contributed by atoms with E-state index in [1.807, 2.05) is 58.0 Å². The number of nitrogens with zero attached hydrogens (tertiary/aromatic N) is 2. The summed E-state index contributed by atoms with van der Waals surface area (Å²) in [6, 6.07) is 7.46. The van der Waals surface area contributed by atoms with Crippen molar-refractivity contribution in [3.05, 3.63) is 35.9 Å². The van der Waals surface area contributed by atoms with Crippen molar-refractivity contribution in [2.75, 3.05) is 14.1 Å². The second kappa shape index (κ2) is 21.1. The molecule has 0 aromatic heterocycles. The van der Waals surface area contributed by atoms with Gasteiger partial charge in [0.15, 0.2) is 12.2 Å². The third-order valence-electron chi connectivity index (χ3n) is 6.72. The largest absolute Gasteiger partial charge is 0.479 e. The van der Waals surface area contributed by atoms with E-state index in [0.717, 1.165) is 10.5 Å². The second-order valence-electron chi connectivity index (χ2n) is 15.1. The van der Waals surface area contributed by atoms with Gasteiger partial charge in [-0.05, 0) is 85.6 Å². The summed E-state index contributed by atoms with van der Waals surface area (Å²) in [7, 11) is 2.93. The smallest absolute Gasteiger partial charge is 0.410 e. The Bertz CT molecular complexity index is 1280. The number of carboxylic acids is 1. The van der Waals surface area contributed by atoms with E-state index in [-0.39, 0.29) is 18.4 Å². The molecular formula is C37H60N2O12. The first kappa shape index (κ1) is 46.6. The van der Waals surface area contributed by atoms with Crippen molar-refractivity contribution < 1.29 is 57.6 Å². The minimum atomic E-state index is -1.27. The van der Waals surface area contributed by atoms with Crippen LogP contribution in [0.1, 0.15) is 101 Å². The number of carbonyl (C=O) groups excluding carboxylic acids is 5. The monoisotopic (exact) mass is 724 g/mol. The van der Waals surface area contributed by atoms with Gasteiger partial charge in [0.25, 0.3) is 0 Å². The van der Waals surface area contributed by atoms with Crippen LogP contribution in [0.25, 0.3) is 0 Å². The third kappa shape index (κ3) is 19.6. The molecule has 0 saturated heterocycles. The molecule has 0 aliphatic carbocycles. The van der Waals surface area contributed by atoms with Gasteiger partial charge in [0, 0.05) is 14.1 Å². The van der Waals surface area contributed by atoms with E-state index in [9.17, 15) is 28.8 Å². The normalized spacial score (nSPS) is 13.7. The molecule has 0 fully saturated rings. The predicted octanol–water partition coefficient (Wildman–Crippen LogP) is 6.23. The Morgan fingerprint density at radius 3 is 1.33 bits per heavy atom. The lowest BCUT2D eigenvalue weighted by molar-refractivity contribution is -0.170. The van der Waals surface area contributed by atoms with E-state index in [1.54, 1.807) is 41.5 Å². The number of likely N-dealkylation sites (N-methyl/N-ethyl adjacent to an activating group) is 2. The first-order valence-corrected chi connectivity index (χ1v) is 17.0. The molecule has 1 rings (SSSR count). The van der Waals surface area contributed by atoms with Crippen LogP contribution in [0.3, 0.4) is 0 Å². The van der Waals surface area contributed by atoms with E-state index in [1.165, 1.54) is 32.8 Å². The molecule has 2 amide bonds. The molecule has 51 heavy (non-hydrogen) atoms. The van der Waals surface area contributed by atoms with Gasteiger partial charge in [-0.3, -0.25) is 9.80 Å². The summed E-state index contributed by atoms with van der Waals surface area (Å²) in [6.07, 6.45) is -2.92. The minimum absolute atomic E-state index is 0.0921. The van der Waals surface area contributed by atoms with Crippen molar-refractivity contribution in [2.45, 2.75) is 138 Å². The molecule has 1 aromatic rings. The highest BCUT2D eigenvalue weighted by Crippen LogP contribution is 2.19. The van der Waals surface area contributed by atoms with Gasteiger partial charge in [-0.25, -0.2) is 28.8 Å². The van der Waals surface area contributed by atoms with Gasteiger partial charge in [-0.15, -0.1) is 0 Å². The number of benzene rings is 1. The molecule has 1 N–H and O–H groups in total. The Morgan fingerprint density at radius 2 is 1.00 bits per heavy atom. The molecule has 14 nitrogen and oxygen atoms in total. The maximum Gasteiger partial charge on any atom is 0.410 e. The molecule has 0 saturated carbocycles. The Hall–Kier alpha value is -4.36. The fourth-order valence-electron chi connectivity index (χ4n) is 4.09. The van der Waals surface area contributed by atoms with Crippen LogP contribution in [0.4, 0.5) is 9.59 Å². The first-order valence-electron chi connectivity index (χ1n) is 17.0. The maximum absolute atomic E-state index is 12.7. The summed E-state index contributed by atoms with van der Waals surface area (Å²) in [6.45, 7) is 20.9. The number of ether oxygens (including phenoxy) is 5. The second-order valence-corrected chi connectivity index (χ2v) is 15.1. The van der Waals surface area contributed by atoms with Crippen LogP contribution in [0.5, 0.6) is 0 Å². The van der Waals surface area contributed by atoms with E-state index in [0.29, 0.717) is 12.8 Å². The summed E-state index contributed by atoms with van der Waals surface area (Å²) in [5.41, 5.74) is -0.542. The fraction of sp³-hybridized carbons (Fsp3) is 0.676. The van der Waals surface area contributed by atoms with Crippen LogP contribution < -0.4 is 0 Å². The molecule has 14 heteroatoms. The van der Waals surface area contributed by atoms with Crippen molar-refractivity contribution in [1.82, 2.24) is 9.80 Å². The lowest BCUT2D eigenvalue weighted by Gasteiger charge is -2.30. The lowest BCUT2D eigenvalue weighted by Crippen LogP contribution is -2.47. The van der Waals surface area contributed by atoms with Crippen LogP contribution in [0.2, 0.25) is 0 Å². The predicted molar refractivity (Wildman–Crippen MR) is 189 cm³/mol. The fourth-order valence-corrected chi connectivity index (χ4v) is 4.09. The van der Waals surface area contributed by atoms with E-state index in [4.69, 9.17) is 28.8 Å². The molecule has 4 atom stereocenters. The summed E-state index contributed by atoms with van der Waals surface area (Å²) in [5, 5.41) is 8.81. The zero-order chi connectivity index (χ0) is 39.9. The highest BCUT2D eigenvalue weighted by atomic mass is 16.6. The number of carbonyl (C=O) groups is 6. The summed E-state index contributed by atoms with van der Waals surface area (Å²) in [4.78, 5) is 74.7. The third-order valence-corrected chi connectivity index (χ3v) is 6.72. The van der Waals surface area contributed by atoms with Gasteiger partial charge in [-0.2, -0.15) is 0 Å². The Morgan fingerprint density at radius 1 is 0.627 bits per heavy atom.